The van der Waals surface area contributed by atoms with Crippen LogP contribution in [0.25, 0.3) is 11.3 Å². The SMILES string of the molecule is CCCNC(=NCc1cn(C)nc1-c1ccccc1)NCCc1ccco1.I. The molecule has 28 heavy (non-hydrogen) atoms. The quantitative estimate of drug-likeness (QED) is 0.283. The summed E-state index contributed by atoms with van der Waals surface area (Å²) in [6, 6.07) is 14.1. The molecular formula is C21H28IN5O. The van der Waals surface area contributed by atoms with Crippen LogP contribution in [0.2, 0.25) is 0 Å². The Morgan fingerprint density at radius 3 is 2.61 bits per heavy atom. The Morgan fingerprint density at radius 2 is 1.89 bits per heavy atom. The van der Waals surface area contributed by atoms with Crippen molar-refractivity contribution >= 4 is 29.9 Å². The number of furan rings is 1. The van der Waals surface area contributed by atoms with Gasteiger partial charge in [0.1, 0.15) is 5.76 Å². The summed E-state index contributed by atoms with van der Waals surface area (Å²) in [4.78, 5) is 4.76. The van der Waals surface area contributed by atoms with Crippen LogP contribution in [0.4, 0.5) is 0 Å². The van der Waals surface area contributed by atoms with E-state index in [1.807, 2.05) is 48.3 Å². The lowest BCUT2D eigenvalue weighted by Crippen LogP contribution is -2.38. The predicted molar refractivity (Wildman–Crippen MR) is 124 cm³/mol. The van der Waals surface area contributed by atoms with Crippen LogP contribution in [-0.4, -0.2) is 28.8 Å². The van der Waals surface area contributed by atoms with Gasteiger partial charge in [-0.05, 0) is 18.6 Å². The fourth-order valence-corrected chi connectivity index (χ4v) is 2.83. The van der Waals surface area contributed by atoms with Crippen molar-refractivity contribution in [2.24, 2.45) is 12.0 Å². The minimum atomic E-state index is 0. The number of nitrogens with zero attached hydrogens (tertiary/aromatic N) is 3. The molecule has 0 atom stereocenters. The topological polar surface area (TPSA) is 67.4 Å². The molecule has 3 rings (SSSR count). The van der Waals surface area contributed by atoms with Crippen LogP contribution in [0.15, 0.2) is 64.3 Å². The molecule has 0 saturated heterocycles. The highest BCUT2D eigenvalue weighted by molar-refractivity contribution is 14.0. The first-order chi connectivity index (χ1) is 13.3. The maximum absolute atomic E-state index is 5.38. The largest absolute Gasteiger partial charge is 0.469 e. The van der Waals surface area contributed by atoms with E-state index in [0.29, 0.717) is 6.54 Å². The van der Waals surface area contributed by atoms with Gasteiger partial charge in [0.15, 0.2) is 5.96 Å². The Labute approximate surface area is 183 Å². The Hall–Kier alpha value is -2.29. The van der Waals surface area contributed by atoms with Crippen LogP contribution >= 0.6 is 24.0 Å². The fourth-order valence-electron chi connectivity index (χ4n) is 2.83. The smallest absolute Gasteiger partial charge is 0.191 e. The number of benzene rings is 1. The fraction of sp³-hybridized carbons (Fsp3) is 0.333. The summed E-state index contributed by atoms with van der Waals surface area (Å²) in [7, 11) is 1.94. The molecule has 0 aliphatic heterocycles. The normalized spacial score (nSPS) is 11.1. The third-order valence-electron chi connectivity index (χ3n) is 4.15. The predicted octanol–water partition coefficient (Wildman–Crippen LogP) is 3.99. The number of guanidine groups is 1. The third kappa shape index (κ3) is 6.40. The maximum Gasteiger partial charge on any atom is 0.191 e. The van der Waals surface area contributed by atoms with Gasteiger partial charge in [-0.1, -0.05) is 37.3 Å². The van der Waals surface area contributed by atoms with Gasteiger partial charge in [-0.2, -0.15) is 5.10 Å². The minimum absolute atomic E-state index is 0. The monoisotopic (exact) mass is 493 g/mol. The number of aliphatic imine (C=N–C) groups is 1. The number of aromatic nitrogens is 2. The van der Waals surface area contributed by atoms with Gasteiger partial charge in [-0.15, -0.1) is 24.0 Å². The second-order valence-electron chi connectivity index (χ2n) is 6.39. The summed E-state index contributed by atoms with van der Waals surface area (Å²) in [6.45, 7) is 4.35. The summed E-state index contributed by atoms with van der Waals surface area (Å²) >= 11 is 0. The van der Waals surface area contributed by atoms with E-state index in [4.69, 9.17) is 9.41 Å². The molecule has 6 nitrogen and oxygen atoms in total. The number of halogens is 1. The van der Waals surface area contributed by atoms with Crippen LogP contribution in [0.5, 0.6) is 0 Å². The average Bonchev–Trinajstić information content (AvgIpc) is 3.33. The molecule has 0 aliphatic rings. The molecule has 0 bridgehead atoms. The van der Waals surface area contributed by atoms with Gasteiger partial charge in [-0.25, -0.2) is 4.99 Å². The van der Waals surface area contributed by atoms with Gasteiger partial charge >= 0.3 is 0 Å². The first-order valence-corrected chi connectivity index (χ1v) is 9.38. The van der Waals surface area contributed by atoms with Crippen LogP contribution < -0.4 is 10.6 Å². The molecule has 0 amide bonds. The lowest BCUT2D eigenvalue weighted by Gasteiger charge is -2.11. The number of rotatable bonds is 8. The van der Waals surface area contributed by atoms with E-state index in [-0.39, 0.29) is 24.0 Å². The van der Waals surface area contributed by atoms with Crippen LogP contribution in [0.1, 0.15) is 24.7 Å². The maximum atomic E-state index is 5.38. The van der Waals surface area contributed by atoms with Gasteiger partial charge in [-0.3, -0.25) is 4.68 Å². The molecule has 150 valence electrons. The first-order valence-electron chi connectivity index (χ1n) is 9.38. The lowest BCUT2D eigenvalue weighted by atomic mass is 10.1. The van der Waals surface area contributed by atoms with E-state index < -0.39 is 0 Å². The second kappa shape index (κ2) is 11.5. The number of hydrogen-bond donors (Lipinski definition) is 2. The third-order valence-corrected chi connectivity index (χ3v) is 4.15. The van der Waals surface area contributed by atoms with Gasteiger partial charge < -0.3 is 15.1 Å². The minimum Gasteiger partial charge on any atom is -0.469 e. The second-order valence-corrected chi connectivity index (χ2v) is 6.39. The molecule has 1 aromatic carbocycles. The summed E-state index contributed by atoms with van der Waals surface area (Å²) in [5.74, 6) is 1.78. The van der Waals surface area contributed by atoms with Gasteiger partial charge in [0.2, 0.25) is 0 Å². The van der Waals surface area contributed by atoms with Gasteiger partial charge in [0.25, 0.3) is 0 Å². The van der Waals surface area contributed by atoms with Crippen LogP contribution in [0, 0.1) is 0 Å². The lowest BCUT2D eigenvalue weighted by molar-refractivity contribution is 0.506. The van der Waals surface area contributed by atoms with E-state index in [1.165, 1.54) is 0 Å². The van der Waals surface area contributed by atoms with Crippen molar-refractivity contribution in [3.8, 4) is 11.3 Å². The van der Waals surface area contributed by atoms with Gasteiger partial charge in [0.05, 0.1) is 18.5 Å². The zero-order chi connectivity index (χ0) is 18.9. The zero-order valence-electron chi connectivity index (χ0n) is 16.4. The summed E-state index contributed by atoms with van der Waals surface area (Å²) in [6.07, 6.45) is 5.60. The summed E-state index contributed by atoms with van der Waals surface area (Å²) < 4.78 is 7.23. The van der Waals surface area contributed by atoms with Crippen molar-refractivity contribution in [1.82, 2.24) is 20.4 Å². The molecule has 3 aromatic rings. The molecule has 0 aliphatic carbocycles. The van der Waals surface area contributed by atoms with E-state index in [2.05, 4.69) is 34.8 Å². The van der Waals surface area contributed by atoms with Crippen LogP contribution in [-0.2, 0) is 20.0 Å². The summed E-state index contributed by atoms with van der Waals surface area (Å²) in [5.41, 5.74) is 3.19. The number of aryl methyl sites for hydroxylation is 1. The number of nitrogens with one attached hydrogen (secondary N) is 2. The highest BCUT2D eigenvalue weighted by Gasteiger charge is 2.10. The molecule has 2 aromatic heterocycles. The van der Waals surface area contributed by atoms with Crippen molar-refractivity contribution in [3.63, 3.8) is 0 Å². The molecule has 0 fully saturated rings. The van der Waals surface area contributed by atoms with E-state index >= 15 is 0 Å². The molecule has 2 N–H and O–H groups in total. The summed E-state index contributed by atoms with van der Waals surface area (Å²) in [5, 5.41) is 11.4. The Kier molecular flexibility index (Phi) is 9.06. The Balaban J connectivity index is 0.00000280. The van der Waals surface area contributed by atoms with E-state index in [0.717, 1.165) is 54.5 Å². The van der Waals surface area contributed by atoms with E-state index in [1.54, 1.807) is 6.26 Å². The first kappa shape index (κ1) is 22.0. The van der Waals surface area contributed by atoms with Crippen molar-refractivity contribution < 1.29 is 4.42 Å². The van der Waals surface area contributed by atoms with Crippen LogP contribution in [0.3, 0.4) is 0 Å². The zero-order valence-corrected chi connectivity index (χ0v) is 18.7. The van der Waals surface area contributed by atoms with E-state index in [9.17, 15) is 0 Å². The molecule has 0 saturated carbocycles. The Bertz CT molecular complexity index is 843. The van der Waals surface area contributed by atoms with Crippen molar-refractivity contribution in [1.29, 1.82) is 0 Å². The molecule has 0 unspecified atom stereocenters. The standard InChI is InChI=1S/C21H27N5O.HI/c1-3-12-22-21(23-13-11-19-10-7-14-27-19)24-15-18-16-26(2)25-20(18)17-8-5-4-6-9-17;/h4-10,14,16H,3,11-13,15H2,1-2H3,(H2,22,23,24);1H. The highest BCUT2D eigenvalue weighted by Crippen LogP contribution is 2.22. The molecule has 0 radical (unpaired) electrons. The van der Waals surface area contributed by atoms with Crippen molar-refractivity contribution in [2.45, 2.75) is 26.3 Å². The molecular weight excluding hydrogens is 465 g/mol. The number of hydrogen-bond acceptors (Lipinski definition) is 3. The molecule has 2 heterocycles. The Morgan fingerprint density at radius 1 is 1.11 bits per heavy atom. The van der Waals surface area contributed by atoms with Crippen molar-refractivity contribution in [2.75, 3.05) is 13.1 Å². The highest BCUT2D eigenvalue weighted by atomic mass is 127. The average molecular weight is 493 g/mol. The molecule has 7 heteroatoms. The molecule has 0 spiro atoms. The van der Waals surface area contributed by atoms with Crippen molar-refractivity contribution in [3.05, 3.63) is 66.2 Å². The van der Waals surface area contributed by atoms with Gasteiger partial charge in [0, 0.05) is 43.9 Å².